The lowest BCUT2D eigenvalue weighted by Crippen LogP contribution is -2.49. The summed E-state index contributed by atoms with van der Waals surface area (Å²) in [4.78, 5) is 35.1. The van der Waals surface area contributed by atoms with Crippen molar-refractivity contribution < 1.29 is 36.4 Å². The molecular weight excluding hydrogens is 514 g/mol. The largest absolute Gasteiger partial charge is 0.481 e. The van der Waals surface area contributed by atoms with Crippen molar-refractivity contribution in [1.82, 2.24) is 35.5 Å². The van der Waals surface area contributed by atoms with Gasteiger partial charge in [0.05, 0.1) is 19.0 Å². The Hall–Kier alpha value is -4.04. The molecule has 0 saturated carbocycles. The van der Waals surface area contributed by atoms with E-state index in [0.29, 0.717) is 25.7 Å². The number of halogens is 4. The lowest BCUT2D eigenvalue weighted by atomic mass is 9.89. The number of piperidine rings is 1. The Morgan fingerprint density at radius 1 is 1.24 bits per heavy atom. The number of H-pyrrole nitrogens is 1. The number of aromatic amines is 1. The number of hydrogen-bond acceptors (Lipinski definition) is 8. The van der Waals surface area contributed by atoms with Gasteiger partial charge in [-0.1, -0.05) is 5.16 Å². The molecule has 202 valence electrons. The molecule has 2 fully saturated rings. The highest BCUT2D eigenvalue weighted by Gasteiger charge is 2.46. The highest BCUT2D eigenvalue weighted by Crippen LogP contribution is 2.40. The summed E-state index contributed by atoms with van der Waals surface area (Å²) in [7, 11) is 1.40. The number of nitrogens with one attached hydrogen (secondary N) is 2. The van der Waals surface area contributed by atoms with Crippen molar-refractivity contribution in [3.63, 3.8) is 0 Å². The monoisotopic (exact) mass is 537 g/mol. The highest BCUT2D eigenvalue weighted by molar-refractivity contribution is 5.94. The zero-order valence-corrected chi connectivity index (χ0v) is 20.3. The molecule has 2 saturated heterocycles. The van der Waals surface area contributed by atoms with Crippen LogP contribution in [-0.2, 0) is 11.0 Å². The third-order valence-electron chi connectivity index (χ3n) is 6.89. The third kappa shape index (κ3) is 4.79. The molecule has 15 heteroatoms. The number of ether oxygens (including phenoxy) is 1. The molecule has 11 nitrogen and oxygen atoms in total. The molecule has 0 radical (unpaired) electrons. The average molecular weight is 537 g/mol. The number of carbonyl (C=O) groups is 2. The molecule has 2 aliphatic rings. The lowest BCUT2D eigenvalue weighted by molar-refractivity contribution is -0.146. The van der Waals surface area contributed by atoms with Crippen LogP contribution in [0.2, 0.25) is 0 Å². The number of amides is 2. The number of carbonyl (C=O) groups excluding carboxylic acids is 2. The predicted molar refractivity (Wildman–Crippen MR) is 120 cm³/mol. The van der Waals surface area contributed by atoms with Gasteiger partial charge in [0.1, 0.15) is 6.04 Å². The van der Waals surface area contributed by atoms with Gasteiger partial charge in [0.25, 0.3) is 11.7 Å². The quantitative estimate of drug-likeness (QED) is 0.457. The van der Waals surface area contributed by atoms with Gasteiger partial charge in [-0.2, -0.15) is 23.3 Å². The maximum absolute atomic E-state index is 14.3. The number of pyridine rings is 1. The molecule has 2 unspecified atom stereocenters. The summed E-state index contributed by atoms with van der Waals surface area (Å²) in [5.74, 6) is -3.31. The van der Waals surface area contributed by atoms with E-state index < -0.39 is 29.8 Å². The molecule has 5 heterocycles. The van der Waals surface area contributed by atoms with Crippen molar-refractivity contribution in [2.75, 3.05) is 7.11 Å². The molecule has 2 bridgehead atoms. The number of fused-ring (bicyclic) bond motifs is 2. The second-order valence-electron chi connectivity index (χ2n) is 9.32. The normalized spacial score (nSPS) is 21.8. The summed E-state index contributed by atoms with van der Waals surface area (Å²) in [6.45, 7) is 1.45. The molecule has 4 atom stereocenters. The van der Waals surface area contributed by atoms with Crippen molar-refractivity contribution in [2.45, 2.75) is 56.9 Å². The van der Waals surface area contributed by atoms with E-state index in [2.05, 4.69) is 35.2 Å². The van der Waals surface area contributed by atoms with E-state index in [0.717, 1.165) is 6.20 Å². The first-order valence-corrected chi connectivity index (χ1v) is 11.8. The molecule has 2 N–H and O–H groups in total. The zero-order chi connectivity index (χ0) is 27.2. The van der Waals surface area contributed by atoms with E-state index in [1.54, 1.807) is 4.90 Å². The average Bonchev–Trinajstić information content (AvgIpc) is 3.62. The smallest absolute Gasteiger partial charge is 0.455 e. The van der Waals surface area contributed by atoms with E-state index in [1.807, 2.05) is 0 Å². The van der Waals surface area contributed by atoms with Gasteiger partial charge in [-0.25, -0.2) is 9.37 Å². The van der Waals surface area contributed by atoms with Gasteiger partial charge in [-0.05, 0) is 38.7 Å². The fraction of sp³-hybridized carbons (Fsp3) is 0.478. The van der Waals surface area contributed by atoms with Gasteiger partial charge < -0.3 is 19.5 Å². The number of hydrogen-bond donors (Lipinski definition) is 2. The van der Waals surface area contributed by atoms with E-state index in [-0.39, 0.29) is 52.6 Å². The molecule has 2 aliphatic heterocycles. The lowest BCUT2D eigenvalue weighted by Gasteiger charge is -2.38. The van der Waals surface area contributed by atoms with Gasteiger partial charge in [-0.3, -0.25) is 14.7 Å². The molecule has 0 spiro atoms. The molecule has 38 heavy (non-hydrogen) atoms. The maximum atomic E-state index is 14.3. The Labute approximate surface area is 212 Å². The topological polar surface area (TPSA) is 139 Å². The molecule has 3 aromatic heterocycles. The number of methoxy groups -OCH3 is 1. The summed E-state index contributed by atoms with van der Waals surface area (Å²) in [6, 6.07) is 1.50. The Bertz CT molecular complexity index is 1340. The summed E-state index contributed by atoms with van der Waals surface area (Å²) in [5.41, 5.74) is 0.553. The fourth-order valence-electron chi connectivity index (χ4n) is 5.08. The minimum absolute atomic E-state index is 0.112. The maximum Gasteiger partial charge on any atom is 0.455 e. The Morgan fingerprint density at radius 3 is 2.58 bits per heavy atom. The van der Waals surface area contributed by atoms with Crippen LogP contribution in [0.5, 0.6) is 5.88 Å². The molecular formula is C23H23F4N7O4. The molecule has 5 rings (SSSR count). The van der Waals surface area contributed by atoms with Crippen LogP contribution in [-0.4, -0.2) is 61.2 Å². The molecule has 3 aromatic rings. The van der Waals surface area contributed by atoms with Crippen LogP contribution in [0, 0.1) is 11.7 Å². The second-order valence-corrected chi connectivity index (χ2v) is 9.32. The summed E-state index contributed by atoms with van der Waals surface area (Å²) in [6.07, 6.45) is -1.58. The van der Waals surface area contributed by atoms with E-state index in [4.69, 9.17) is 4.74 Å². The third-order valence-corrected chi connectivity index (χ3v) is 6.89. The molecule has 0 aromatic carbocycles. The van der Waals surface area contributed by atoms with Crippen LogP contribution in [0.1, 0.15) is 60.9 Å². The Balaban J connectivity index is 1.24. The molecule has 0 aliphatic carbocycles. The second kappa shape index (κ2) is 9.68. The van der Waals surface area contributed by atoms with Crippen LogP contribution < -0.4 is 10.1 Å². The zero-order valence-electron chi connectivity index (χ0n) is 20.3. The van der Waals surface area contributed by atoms with Gasteiger partial charge in [0.2, 0.25) is 17.7 Å². The van der Waals surface area contributed by atoms with Crippen molar-refractivity contribution in [3.05, 3.63) is 41.6 Å². The van der Waals surface area contributed by atoms with Crippen molar-refractivity contribution in [2.24, 2.45) is 5.92 Å². The standard InChI is InChI=1S/C23H23F4N7O4/c1-10(20-30-22(33-38-20)23(25,26)27)29-19(35)11-5-12-3-4-13(6-11)34(12)21(36)17-8-16(31-32-17)14-7-18(37-2)28-9-15(14)24/h7-13H,3-6H2,1-2H3,(H,29,35)(H,31,32)/t10-,11?,12+,13?/m1/s1. The highest BCUT2D eigenvalue weighted by atomic mass is 19.4. The first-order chi connectivity index (χ1) is 18.0. The first kappa shape index (κ1) is 25.6. The van der Waals surface area contributed by atoms with Gasteiger partial charge in [-0.15, -0.1) is 0 Å². The van der Waals surface area contributed by atoms with Gasteiger partial charge >= 0.3 is 6.18 Å². The van der Waals surface area contributed by atoms with Crippen LogP contribution in [0.4, 0.5) is 17.6 Å². The van der Waals surface area contributed by atoms with E-state index in [9.17, 15) is 27.2 Å². The minimum atomic E-state index is -4.75. The minimum Gasteiger partial charge on any atom is -0.481 e. The summed E-state index contributed by atoms with van der Waals surface area (Å²) in [5, 5.41) is 12.3. The van der Waals surface area contributed by atoms with E-state index in [1.165, 1.54) is 26.2 Å². The van der Waals surface area contributed by atoms with Crippen molar-refractivity contribution in [1.29, 1.82) is 0 Å². The number of nitrogens with zero attached hydrogens (tertiary/aromatic N) is 5. The van der Waals surface area contributed by atoms with Crippen LogP contribution in [0.25, 0.3) is 11.3 Å². The number of rotatable bonds is 6. The van der Waals surface area contributed by atoms with Crippen molar-refractivity contribution >= 4 is 11.8 Å². The fourth-order valence-corrected chi connectivity index (χ4v) is 5.08. The molecule has 2 amide bonds. The van der Waals surface area contributed by atoms with Crippen LogP contribution in [0.3, 0.4) is 0 Å². The van der Waals surface area contributed by atoms with Crippen molar-refractivity contribution in [3.8, 4) is 17.1 Å². The predicted octanol–water partition coefficient (Wildman–Crippen LogP) is 3.28. The number of aromatic nitrogens is 5. The summed E-state index contributed by atoms with van der Waals surface area (Å²) < 4.78 is 62.2. The van der Waals surface area contributed by atoms with Gasteiger partial charge in [0.15, 0.2) is 11.5 Å². The Morgan fingerprint density at radius 2 is 1.95 bits per heavy atom. The first-order valence-electron chi connectivity index (χ1n) is 11.8. The SMILES string of the molecule is COc1cc(-c2cc(C(=O)N3C4CC[C@H]3CC(C(=O)N[C@H](C)c3nc(C(F)(F)F)no3)C4)n[nH]2)c(F)cn1. The van der Waals surface area contributed by atoms with E-state index >= 15 is 0 Å². The number of alkyl halides is 3. The van der Waals surface area contributed by atoms with Crippen LogP contribution >= 0.6 is 0 Å². The van der Waals surface area contributed by atoms with Gasteiger partial charge in [0, 0.05) is 29.6 Å². The Kier molecular flexibility index (Phi) is 6.53. The summed E-state index contributed by atoms with van der Waals surface area (Å²) >= 11 is 0. The van der Waals surface area contributed by atoms with Crippen LogP contribution in [0.15, 0.2) is 22.9 Å².